The van der Waals surface area contributed by atoms with Crippen LogP contribution in [0.2, 0.25) is 5.02 Å². The molecule has 0 aliphatic rings. The summed E-state index contributed by atoms with van der Waals surface area (Å²) in [6, 6.07) is 3.21. The molecule has 0 aliphatic heterocycles. The van der Waals surface area contributed by atoms with Crippen LogP contribution < -0.4 is 11.1 Å². The summed E-state index contributed by atoms with van der Waals surface area (Å²) >= 11 is 6.48. The lowest BCUT2D eigenvalue weighted by atomic mass is 9.92. The van der Waals surface area contributed by atoms with Crippen molar-refractivity contribution in [3.8, 4) is 11.1 Å². The number of halogens is 1. The molecule has 29 heavy (non-hydrogen) atoms. The number of rotatable bonds is 9. The molecule has 0 unspecified atom stereocenters. The van der Waals surface area contributed by atoms with Gasteiger partial charge in [0.05, 0.1) is 44.5 Å². The van der Waals surface area contributed by atoms with Crippen LogP contribution in [0.5, 0.6) is 0 Å². The Labute approximate surface area is 172 Å². The highest BCUT2D eigenvalue weighted by atomic mass is 35.5. The number of hydrogen-bond donors (Lipinski definition) is 6. The number of benzene rings is 1. The number of carbonyl (C=O) groups excluding carboxylic acids is 2. The summed E-state index contributed by atoms with van der Waals surface area (Å²) in [5.41, 5.74) is 7.70. The molecule has 9 nitrogen and oxygen atoms in total. The van der Waals surface area contributed by atoms with E-state index < -0.39 is 25.1 Å². The van der Waals surface area contributed by atoms with Crippen molar-refractivity contribution in [1.29, 1.82) is 0 Å². The average Bonchev–Trinajstić information content (AvgIpc) is 3.06. The van der Waals surface area contributed by atoms with E-state index in [1.54, 1.807) is 19.1 Å². The van der Waals surface area contributed by atoms with Crippen molar-refractivity contribution in [3.05, 3.63) is 45.2 Å². The molecule has 0 saturated heterocycles. The van der Waals surface area contributed by atoms with Gasteiger partial charge in [-0.25, -0.2) is 4.79 Å². The highest BCUT2D eigenvalue weighted by Gasteiger charge is 2.25. The SMILES string of the molecule is CCOC(=O)c1[nH]c(CNC(=O)CN)c(-c2ccc(CO)c(CO)c2CO)c1Cl. The summed E-state index contributed by atoms with van der Waals surface area (Å²) in [5, 5.41) is 31.8. The summed E-state index contributed by atoms with van der Waals surface area (Å²) in [4.78, 5) is 26.7. The fourth-order valence-electron chi connectivity index (χ4n) is 3.04. The first-order valence-corrected chi connectivity index (χ1v) is 9.31. The maximum atomic E-state index is 12.3. The monoisotopic (exact) mass is 425 g/mol. The second-order valence-corrected chi connectivity index (χ2v) is 6.45. The fourth-order valence-corrected chi connectivity index (χ4v) is 3.38. The number of aliphatic hydroxyl groups excluding tert-OH is 3. The number of amides is 1. The second kappa shape index (κ2) is 10.4. The molecule has 0 aliphatic carbocycles. The smallest absolute Gasteiger partial charge is 0.356 e. The molecule has 0 fully saturated rings. The third-order valence-corrected chi connectivity index (χ3v) is 4.81. The van der Waals surface area contributed by atoms with Gasteiger partial charge in [-0.05, 0) is 29.2 Å². The number of ether oxygens (including phenoxy) is 1. The van der Waals surface area contributed by atoms with E-state index in [1.807, 2.05) is 0 Å². The van der Waals surface area contributed by atoms with Crippen molar-refractivity contribution in [2.24, 2.45) is 5.73 Å². The highest BCUT2D eigenvalue weighted by Crippen LogP contribution is 2.38. The Kier molecular flexibility index (Phi) is 8.18. The van der Waals surface area contributed by atoms with Gasteiger partial charge in [0.15, 0.2) is 0 Å². The first-order valence-electron chi connectivity index (χ1n) is 8.94. The first-order chi connectivity index (χ1) is 13.9. The van der Waals surface area contributed by atoms with Gasteiger partial charge in [0, 0.05) is 11.3 Å². The summed E-state index contributed by atoms with van der Waals surface area (Å²) in [6.07, 6.45) is 0. The summed E-state index contributed by atoms with van der Waals surface area (Å²) in [6.45, 7) is 0.405. The van der Waals surface area contributed by atoms with E-state index in [0.717, 1.165) is 0 Å². The van der Waals surface area contributed by atoms with Crippen molar-refractivity contribution in [3.63, 3.8) is 0 Å². The zero-order valence-electron chi connectivity index (χ0n) is 15.9. The lowest BCUT2D eigenvalue weighted by molar-refractivity contribution is -0.119. The molecule has 0 spiro atoms. The Hall–Kier alpha value is -2.43. The normalized spacial score (nSPS) is 10.8. The van der Waals surface area contributed by atoms with Crippen LogP contribution in [0.3, 0.4) is 0 Å². The zero-order chi connectivity index (χ0) is 21.6. The molecular formula is C19H24ClN3O6. The Morgan fingerprint density at radius 1 is 1.17 bits per heavy atom. The second-order valence-electron chi connectivity index (χ2n) is 6.07. The summed E-state index contributed by atoms with van der Waals surface area (Å²) < 4.78 is 5.01. The predicted octanol–water partition coefficient (Wildman–Crippen LogP) is 0.564. The topological polar surface area (TPSA) is 158 Å². The molecule has 0 radical (unpaired) electrons. The van der Waals surface area contributed by atoms with E-state index in [0.29, 0.717) is 33.5 Å². The van der Waals surface area contributed by atoms with Crippen LogP contribution in [-0.4, -0.2) is 45.3 Å². The molecule has 7 N–H and O–H groups in total. The molecule has 1 heterocycles. The lowest BCUT2D eigenvalue weighted by Crippen LogP contribution is -2.30. The summed E-state index contributed by atoms with van der Waals surface area (Å²) in [7, 11) is 0. The van der Waals surface area contributed by atoms with Crippen LogP contribution in [0.25, 0.3) is 11.1 Å². The molecule has 1 amide bonds. The number of carbonyl (C=O) groups is 2. The molecule has 2 rings (SSSR count). The van der Waals surface area contributed by atoms with Gasteiger partial charge in [-0.2, -0.15) is 0 Å². The number of nitrogens with two attached hydrogens (primary N) is 1. The van der Waals surface area contributed by atoms with Gasteiger partial charge < -0.3 is 36.1 Å². The van der Waals surface area contributed by atoms with Crippen molar-refractivity contribution in [2.45, 2.75) is 33.3 Å². The number of H-pyrrole nitrogens is 1. The first kappa shape index (κ1) is 22.9. The minimum Gasteiger partial charge on any atom is -0.461 e. The molecule has 10 heteroatoms. The van der Waals surface area contributed by atoms with Gasteiger partial charge in [0.25, 0.3) is 0 Å². The Morgan fingerprint density at radius 3 is 2.41 bits per heavy atom. The number of aromatic nitrogens is 1. The van der Waals surface area contributed by atoms with Gasteiger partial charge >= 0.3 is 5.97 Å². The molecular weight excluding hydrogens is 402 g/mol. The molecule has 2 aromatic rings. The molecule has 0 bridgehead atoms. The standard InChI is InChI=1S/C19H24ClN3O6/c1-2-29-19(28)18-17(20)16(14(23-18)6-22-15(27)5-21)11-4-3-10(7-24)12(8-25)13(11)9-26/h3-4,23-26H,2,5-9,21H2,1H3,(H,22,27). The molecule has 158 valence electrons. The predicted molar refractivity (Wildman–Crippen MR) is 106 cm³/mol. The molecule has 1 aromatic heterocycles. The fraction of sp³-hybridized carbons (Fsp3) is 0.368. The van der Waals surface area contributed by atoms with Gasteiger partial charge in [0.1, 0.15) is 5.69 Å². The third-order valence-electron chi connectivity index (χ3n) is 4.43. The van der Waals surface area contributed by atoms with E-state index in [4.69, 9.17) is 22.1 Å². The Morgan fingerprint density at radius 2 is 1.86 bits per heavy atom. The van der Waals surface area contributed by atoms with Crippen molar-refractivity contribution < 1.29 is 29.6 Å². The van der Waals surface area contributed by atoms with Gasteiger partial charge in [-0.3, -0.25) is 4.79 Å². The van der Waals surface area contributed by atoms with Crippen LogP contribution in [0.4, 0.5) is 0 Å². The maximum absolute atomic E-state index is 12.3. The number of hydrogen-bond acceptors (Lipinski definition) is 7. The van der Waals surface area contributed by atoms with Gasteiger partial charge in [0.2, 0.25) is 5.91 Å². The molecule has 0 atom stereocenters. The molecule has 0 saturated carbocycles. The largest absolute Gasteiger partial charge is 0.461 e. The van der Waals surface area contributed by atoms with Crippen LogP contribution in [0, 0.1) is 0 Å². The average molecular weight is 426 g/mol. The van der Waals surface area contributed by atoms with E-state index in [-0.39, 0.29) is 37.0 Å². The van der Waals surface area contributed by atoms with E-state index in [2.05, 4.69) is 10.3 Å². The zero-order valence-corrected chi connectivity index (χ0v) is 16.7. The number of aliphatic hydroxyl groups is 3. The van der Waals surface area contributed by atoms with E-state index in [1.165, 1.54) is 0 Å². The van der Waals surface area contributed by atoms with Crippen LogP contribution in [0.15, 0.2) is 12.1 Å². The van der Waals surface area contributed by atoms with Crippen molar-refractivity contribution >= 4 is 23.5 Å². The maximum Gasteiger partial charge on any atom is 0.356 e. The minimum atomic E-state index is -0.671. The number of aromatic amines is 1. The van der Waals surface area contributed by atoms with Crippen molar-refractivity contribution in [1.82, 2.24) is 10.3 Å². The van der Waals surface area contributed by atoms with Gasteiger partial charge in [-0.15, -0.1) is 0 Å². The Balaban J connectivity index is 2.69. The Bertz CT molecular complexity index is 897. The van der Waals surface area contributed by atoms with E-state index in [9.17, 15) is 24.9 Å². The van der Waals surface area contributed by atoms with Crippen LogP contribution in [-0.2, 0) is 35.9 Å². The number of nitrogens with one attached hydrogen (secondary N) is 2. The quantitative estimate of drug-likeness (QED) is 0.320. The van der Waals surface area contributed by atoms with Gasteiger partial charge in [-0.1, -0.05) is 23.7 Å². The summed E-state index contributed by atoms with van der Waals surface area (Å²) in [5.74, 6) is -1.08. The third kappa shape index (κ3) is 4.77. The highest BCUT2D eigenvalue weighted by molar-refractivity contribution is 6.36. The van der Waals surface area contributed by atoms with Crippen LogP contribution >= 0.6 is 11.6 Å². The molecule has 1 aromatic carbocycles. The lowest BCUT2D eigenvalue weighted by Gasteiger charge is -2.16. The number of esters is 1. The van der Waals surface area contributed by atoms with Crippen molar-refractivity contribution in [2.75, 3.05) is 13.2 Å². The minimum absolute atomic E-state index is 0.00110. The van der Waals surface area contributed by atoms with E-state index >= 15 is 0 Å². The van der Waals surface area contributed by atoms with Crippen LogP contribution in [0.1, 0.15) is 39.8 Å².